The molecule has 0 heterocycles. The van der Waals surface area contributed by atoms with E-state index in [1.165, 1.54) is 19.3 Å². The predicted molar refractivity (Wildman–Crippen MR) is 60.7 cm³/mol. The molecule has 0 aliphatic heterocycles. The summed E-state index contributed by atoms with van der Waals surface area (Å²) in [5.74, 6) is 4.26. The van der Waals surface area contributed by atoms with E-state index in [-0.39, 0.29) is 0 Å². The highest BCUT2D eigenvalue weighted by molar-refractivity contribution is 5.17. The van der Waals surface area contributed by atoms with Crippen molar-refractivity contribution in [3.05, 3.63) is 0 Å². The molecule has 5 unspecified atom stereocenters. The molecule has 0 aromatic heterocycles. The summed E-state index contributed by atoms with van der Waals surface area (Å²) in [4.78, 5) is 0. The third-order valence-corrected chi connectivity index (χ3v) is 5.02. The Bertz CT molecular complexity index is 227. The first-order valence-corrected chi connectivity index (χ1v) is 6.60. The summed E-state index contributed by atoms with van der Waals surface area (Å²) in [6.07, 6.45) is 5.78. The van der Waals surface area contributed by atoms with Crippen LogP contribution in [0.4, 0.5) is 0 Å². The maximum atomic E-state index is 5.25. The van der Waals surface area contributed by atoms with Crippen molar-refractivity contribution < 1.29 is 4.74 Å². The molecule has 3 rings (SSSR count). The second-order valence-electron chi connectivity index (χ2n) is 5.74. The number of nitrogens with one attached hydrogen (secondary N) is 1. The summed E-state index contributed by atoms with van der Waals surface area (Å²) in [5, 5.41) is 3.82. The lowest BCUT2D eigenvalue weighted by Gasteiger charge is -2.18. The molecule has 15 heavy (non-hydrogen) atoms. The van der Waals surface area contributed by atoms with E-state index in [2.05, 4.69) is 12.2 Å². The van der Waals surface area contributed by atoms with Gasteiger partial charge in [-0.25, -0.2) is 0 Å². The molecule has 3 aliphatic carbocycles. The Morgan fingerprint density at radius 2 is 1.93 bits per heavy atom. The summed E-state index contributed by atoms with van der Waals surface area (Å²) in [5.41, 5.74) is 0. The normalized spacial score (nSPS) is 48.0. The Labute approximate surface area is 92.8 Å². The quantitative estimate of drug-likeness (QED) is 0.748. The van der Waals surface area contributed by atoms with E-state index in [0.29, 0.717) is 6.04 Å². The average molecular weight is 209 g/mol. The van der Waals surface area contributed by atoms with Gasteiger partial charge in [-0.1, -0.05) is 6.92 Å². The molecule has 0 radical (unpaired) electrons. The van der Waals surface area contributed by atoms with Crippen LogP contribution in [0.3, 0.4) is 0 Å². The Morgan fingerprint density at radius 3 is 2.47 bits per heavy atom. The zero-order chi connectivity index (χ0) is 10.4. The number of methoxy groups -OCH3 is 1. The van der Waals surface area contributed by atoms with Crippen LogP contribution in [0.5, 0.6) is 0 Å². The predicted octanol–water partition coefficient (Wildman–Crippen LogP) is 2.05. The third kappa shape index (κ3) is 1.53. The zero-order valence-electron chi connectivity index (χ0n) is 9.91. The monoisotopic (exact) mass is 209 g/mol. The fraction of sp³-hybridized carbons (Fsp3) is 1.00. The van der Waals surface area contributed by atoms with Crippen LogP contribution in [0.2, 0.25) is 0 Å². The lowest BCUT2D eigenvalue weighted by molar-refractivity contribution is 0.161. The van der Waals surface area contributed by atoms with Gasteiger partial charge in [0, 0.05) is 19.2 Å². The lowest BCUT2D eigenvalue weighted by atomic mass is 10.0. The summed E-state index contributed by atoms with van der Waals surface area (Å²) in [7, 11) is 1.81. The number of hydrogen-bond donors (Lipinski definition) is 1. The Morgan fingerprint density at radius 1 is 1.27 bits per heavy atom. The molecule has 0 aromatic carbocycles. The van der Waals surface area contributed by atoms with Gasteiger partial charge in [0.1, 0.15) is 0 Å². The first kappa shape index (κ1) is 10.1. The van der Waals surface area contributed by atoms with Crippen molar-refractivity contribution in [2.24, 2.45) is 23.7 Å². The Balaban J connectivity index is 1.54. The summed E-state index contributed by atoms with van der Waals surface area (Å²) in [6.45, 7) is 3.13. The van der Waals surface area contributed by atoms with Crippen LogP contribution in [-0.2, 0) is 4.74 Å². The Hall–Kier alpha value is -0.0800. The van der Waals surface area contributed by atoms with Crippen molar-refractivity contribution in [1.82, 2.24) is 5.32 Å². The van der Waals surface area contributed by atoms with Crippen LogP contribution in [0.25, 0.3) is 0 Å². The van der Waals surface area contributed by atoms with Crippen LogP contribution in [0, 0.1) is 23.7 Å². The molecule has 1 N–H and O–H groups in total. The molecule has 0 spiro atoms. The van der Waals surface area contributed by atoms with Crippen LogP contribution >= 0.6 is 0 Å². The Kier molecular flexibility index (Phi) is 2.52. The molecule has 3 saturated carbocycles. The van der Waals surface area contributed by atoms with Crippen molar-refractivity contribution in [1.29, 1.82) is 0 Å². The van der Waals surface area contributed by atoms with Gasteiger partial charge in [-0.3, -0.25) is 0 Å². The summed E-state index contributed by atoms with van der Waals surface area (Å²) >= 11 is 0. The fourth-order valence-electron chi connectivity index (χ4n) is 4.31. The molecule has 3 aliphatic rings. The van der Waals surface area contributed by atoms with Crippen LogP contribution in [0.15, 0.2) is 0 Å². The van der Waals surface area contributed by atoms with Gasteiger partial charge in [-0.05, 0) is 49.4 Å². The van der Waals surface area contributed by atoms with Gasteiger partial charge in [-0.15, -0.1) is 0 Å². The molecule has 5 atom stereocenters. The van der Waals surface area contributed by atoms with E-state index in [1.807, 2.05) is 7.11 Å². The van der Waals surface area contributed by atoms with Crippen molar-refractivity contribution >= 4 is 0 Å². The summed E-state index contributed by atoms with van der Waals surface area (Å²) < 4.78 is 5.25. The van der Waals surface area contributed by atoms with Gasteiger partial charge in [-0.2, -0.15) is 0 Å². The second kappa shape index (κ2) is 3.74. The number of rotatable bonds is 5. The minimum Gasteiger partial charge on any atom is -0.383 e. The highest BCUT2D eigenvalue weighted by Gasteiger charge is 2.64. The van der Waals surface area contributed by atoms with Crippen molar-refractivity contribution in [3.8, 4) is 0 Å². The SMILES string of the molecule is CCC(COC)NC1C2C3CCC(C3)C12. The van der Waals surface area contributed by atoms with Gasteiger partial charge >= 0.3 is 0 Å². The first-order valence-electron chi connectivity index (χ1n) is 6.60. The number of hydrogen-bond acceptors (Lipinski definition) is 2. The van der Waals surface area contributed by atoms with Gasteiger partial charge in [0.25, 0.3) is 0 Å². The fourth-order valence-corrected chi connectivity index (χ4v) is 4.31. The molecule has 2 heteroatoms. The maximum absolute atomic E-state index is 5.25. The van der Waals surface area contributed by atoms with Crippen LogP contribution < -0.4 is 5.32 Å². The van der Waals surface area contributed by atoms with Crippen molar-refractivity contribution in [2.45, 2.75) is 44.7 Å². The zero-order valence-corrected chi connectivity index (χ0v) is 9.91. The maximum Gasteiger partial charge on any atom is 0.0615 e. The van der Waals surface area contributed by atoms with E-state index in [1.54, 1.807) is 6.42 Å². The minimum absolute atomic E-state index is 0.588. The third-order valence-electron chi connectivity index (χ3n) is 5.02. The van der Waals surface area contributed by atoms with Crippen molar-refractivity contribution in [3.63, 3.8) is 0 Å². The van der Waals surface area contributed by atoms with Crippen LogP contribution in [-0.4, -0.2) is 25.8 Å². The van der Waals surface area contributed by atoms with Gasteiger partial charge in [0.05, 0.1) is 6.61 Å². The first-order chi connectivity index (χ1) is 7.35. The molecule has 3 fully saturated rings. The lowest BCUT2D eigenvalue weighted by Crippen LogP contribution is -2.36. The van der Waals surface area contributed by atoms with E-state index < -0.39 is 0 Å². The largest absolute Gasteiger partial charge is 0.383 e. The van der Waals surface area contributed by atoms with E-state index in [9.17, 15) is 0 Å². The van der Waals surface area contributed by atoms with E-state index >= 15 is 0 Å². The van der Waals surface area contributed by atoms with Crippen molar-refractivity contribution in [2.75, 3.05) is 13.7 Å². The molecule has 0 saturated heterocycles. The minimum atomic E-state index is 0.588. The molecule has 2 bridgehead atoms. The number of ether oxygens (including phenoxy) is 1. The van der Waals surface area contributed by atoms with Gasteiger partial charge in [0.15, 0.2) is 0 Å². The highest BCUT2D eigenvalue weighted by atomic mass is 16.5. The van der Waals surface area contributed by atoms with E-state index in [0.717, 1.165) is 36.3 Å². The average Bonchev–Trinajstić information content (AvgIpc) is 2.67. The van der Waals surface area contributed by atoms with Crippen LogP contribution in [0.1, 0.15) is 32.6 Å². The van der Waals surface area contributed by atoms with Gasteiger partial charge < -0.3 is 10.1 Å². The molecular formula is C13H23NO. The highest BCUT2D eigenvalue weighted by Crippen LogP contribution is 2.65. The summed E-state index contributed by atoms with van der Waals surface area (Å²) in [6, 6.07) is 1.45. The van der Waals surface area contributed by atoms with Gasteiger partial charge in [0.2, 0.25) is 0 Å². The smallest absolute Gasteiger partial charge is 0.0615 e. The topological polar surface area (TPSA) is 21.3 Å². The standard InChI is InChI=1S/C13H23NO/c1-3-10(7-15-2)14-13-11-8-4-5-9(6-8)12(11)13/h8-14H,3-7H2,1-2H3. The second-order valence-corrected chi connectivity index (χ2v) is 5.74. The molecule has 0 amide bonds. The van der Waals surface area contributed by atoms with E-state index in [4.69, 9.17) is 4.74 Å². The molecule has 0 aromatic rings. The number of fused-ring (bicyclic) bond motifs is 5. The molecule has 86 valence electrons. The molecular weight excluding hydrogens is 186 g/mol. The molecule has 2 nitrogen and oxygen atoms in total.